The first-order valence-electron chi connectivity index (χ1n) is 13.8. The number of nitrogens with zero attached hydrogens (tertiary/aromatic N) is 3. The monoisotopic (exact) mass is 637 g/mol. The van der Waals surface area contributed by atoms with E-state index in [0.29, 0.717) is 0 Å². The quantitative estimate of drug-likeness (QED) is 0.283. The first kappa shape index (κ1) is 40.5. The number of rotatable bonds is 10. The van der Waals surface area contributed by atoms with E-state index in [0.717, 1.165) is 72.7 Å². The number of hydrogen-bond acceptors (Lipinski definition) is 3. The summed E-state index contributed by atoms with van der Waals surface area (Å²) in [6.07, 6.45) is 5.99. The number of aromatic nitrogens is 1. The van der Waals surface area contributed by atoms with Crippen molar-refractivity contribution in [2.75, 3.05) is 0 Å². The van der Waals surface area contributed by atoms with Gasteiger partial charge in [0.15, 0.2) is 0 Å². The summed E-state index contributed by atoms with van der Waals surface area (Å²) >= 11 is 0. The predicted molar refractivity (Wildman–Crippen MR) is 157 cm³/mol. The van der Waals surface area contributed by atoms with Crippen molar-refractivity contribution >= 4 is 22.8 Å². The molecule has 3 nitrogen and oxygen atoms in total. The van der Waals surface area contributed by atoms with Gasteiger partial charge in [-0.2, -0.15) is 0 Å². The van der Waals surface area contributed by atoms with E-state index >= 15 is 0 Å². The molecule has 0 saturated carbocycles. The van der Waals surface area contributed by atoms with Crippen molar-refractivity contribution in [3.8, 4) is 0 Å². The molecule has 1 heterocycles. The summed E-state index contributed by atoms with van der Waals surface area (Å²) < 4.78 is 0. The number of hydrogen-bond donors (Lipinski definition) is 0. The van der Waals surface area contributed by atoms with Crippen LogP contribution in [0.1, 0.15) is 100 Å². The van der Waals surface area contributed by atoms with Crippen LogP contribution in [0.3, 0.4) is 0 Å². The molecule has 0 N–H and O–H groups in total. The Hall–Kier alpha value is -1.62. The van der Waals surface area contributed by atoms with Crippen molar-refractivity contribution in [1.82, 2.24) is 4.98 Å². The Labute approximate surface area is 273 Å². The standard InChI is InChI=1S/C33H43N3.3ClH.V/c1-9-24-18-26(11-3)32(27(12-4)19-24)34-22(7)30-16-15-17-31(36-30)23(8)35-33-28(13-5)20-25(10-2)21-29(33)14-6;;;;/h15-21H,9-14H2,1-8H3;3*1H;/q;;;;+3/p-3. The molecule has 3 aromatic rings. The molecule has 216 valence electrons. The van der Waals surface area contributed by atoms with E-state index in [4.69, 9.17) is 15.0 Å². The van der Waals surface area contributed by atoms with Crippen molar-refractivity contribution in [2.24, 2.45) is 9.98 Å². The number of benzene rings is 2. The molecule has 0 saturated heterocycles. The second kappa shape index (κ2) is 19.5. The second-order valence-electron chi connectivity index (χ2n) is 9.45. The molecule has 7 heteroatoms. The number of aliphatic imine (C=N–C) groups is 2. The van der Waals surface area contributed by atoms with Gasteiger partial charge < -0.3 is 37.2 Å². The van der Waals surface area contributed by atoms with Crippen LogP contribution in [0.25, 0.3) is 0 Å². The number of halogens is 3. The molecule has 0 unspecified atom stereocenters. The zero-order valence-electron chi connectivity index (χ0n) is 25.2. The fourth-order valence-electron chi connectivity index (χ4n) is 4.73. The van der Waals surface area contributed by atoms with Gasteiger partial charge in [0.05, 0.1) is 34.2 Å². The summed E-state index contributed by atoms with van der Waals surface area (Å²) in [7, 11) is 0. The van der Waals surface area contributed by atoms with E-state index in [2.05, 4.69) is 97.9 Å². The Kier molecular flexibility index (Phi) is 19.8. The van der Waals surface area contributed by atoms with Crippen LogP contribution in [0, 0.1) is 0 Å². The van der Waals surface area contributed by atoms with Gasteiger partial charge in [-0.15, -0.1) is 0 Å². The average Bonchev–Trinajstić information content (AvgIpc) is 2.92. The van der Waals surface area contributed by atoms with Gasteiger partial charge in [-0.05, 0) is 97.9 Å². The molecule has 0 amide bonds. The fraction of sp³-hybridized carbons (Fsp3) is 0.424. The summed E-state index contributed by atoms with van der Waals surface area (Å²) in [6.45, 7) is 17.4. The van der Waals surface area contributed by atoms with Gasteiger partial charge in [0, 0.05) is 0 Å². The maximum absolute atomic E-state index is 5.12. The molecule has 0 fully saturated rings. The summed E-state index contributed by atoms with van der Waals surface area (Å²) in [5, 5.41) is 0. The summed E-state index contributed by atoms with van der Waals surface area (Å²) in [5.41, 5.74) is 13.9. The molecule has 40 heavy (non-hydrogen) atoms. The molecule has 0 atom stereocenters. The third-order valence-electron chi connectivity index (χ3n) is 7.04. The van der Waals surface area contributed by atoms with Crippen LogP contribution in [0.2, 0.25) is 0 Å². The van der Waals surface area contributed by atoms with Crippen molar-refractivity contribution in [2.45, 2.75) is 93.9 Å². The average molecular weight is 639 g/mol. The molecular weight excluding hydrogens is 596 g/mol. The SMILES string of the molecule is CCc1cc(CC)c(N=C(C)c2cccc(C(C)=Nc3c(CC)cc(CC)cc3CC)n2)c(CC)c1.[Cl-].[Cl-].[Cl-].[V+3]. The molecule has 2 aromatic carbocycles. The molecule has 3 rings (SSSR count). The van der Waals surface area contributed by atoms with Gasteiger partial charge in [-0.3, -0.25) is 9.98 Å². The van der Waals surface area contributed by atoms with Gasteiger partial charge in [-0.25, -0.2) is 4.98 Å². The Balaban J connectivity index is 0. The van der Waals surface area contributed by atoms with Gasteiger partial charge in [0.25, 0.3) is 0 Å². The van der Waals surface area contributed by atoms with Crippen molar-refractivity contribution in [1.29, 1.82) is 0 Å². The van der Waals surface area contributed by atoms with Crippen LogP contribution in [0.15, 0.2) is 52.4 Å². The molecule has 0 radical (unpaired) electrons. The van der Waals surface area contributed by atoms with E-state index in [1.165, 1.54) is 33.4 Å². The zero-order chi connectivity index (χ0) is 26.2. The third kappa shape index (κ3) is 9.74. The van der Waals surface area contributed by atoms with Crippen LogP contribution in [0.5, 0.6) is 0 Å². The van der Waals surface area contributed by atoms with E-state index in [1.807, 2.05) is 0 Å². The molecular formula is C33H43Cl3N3V. The van der Waals surface area contributed by atoms with Crippen LogP contribution in [-0.2, 0) is 57.1 Å². The summed E-state index contributed by atoms with van der Waals surface area (Å²) in [6, 6.07) is 15.4. The fourth-order valence-corrected chi connectivity index (χ4v) is 4.73. The Morgan fingerprint density at radius 2 is 0.850 bits per heavy atom. The van der Waals surface area contributed by atoms with Gasteiger partial charge in [-0.1, -0.05) is 71.9 Å². The molecule has 1 aromatic heterocycles. The van der Waals surface area contributed by atoms with Crippen LogP contribution in [0.4, 0.5) is 11.4 Å². The summed E-state index contributed by atoms with van der Waals surface area (Å²) in [5.74, 6) is 0. The molecule has 0 bridgehead atoms. The second-order valence-corrected chi connectivity index (χ2v) is 9.45. The Morgan fingerprint density at radius 1 is 0.550 bits per heavy atom. The van der Waals surface area contributed by atoms with Crippen molar-refractivity contribution < 1.29 is 55.8 Å². The minimum absolute atomic E-state index is 0. The van der Waals surface area contributed by atoms with Crippen molar-refractivity contribution in [3.63, 3.8) is 0 Å². The Bertz CT molecular complexity index is 1140. The minimum atomic E-state index is 0. The van der Waals surface area contributed by atoms with E-state index in [1.54, 1.807) is 0 Å². The Morgan fingerprint density at radius 3 is 1.10 bits per heavy atom. The maximum Gasteiger partial charge on any atom is 3.00 e. The third-order valence-corrected chi connectivity index (χ3v) is 7.04. The first-order chi connectivity index (χ1) is 17.4. The molecule has 0 aliphatic rings. The van der Waals surface area contributed by atoms with Crippen LogP contribution < -0.4 is 37.2 Å². The van der Waals surface area contributed by atoms with Gasteiger partial charge >= 0.3 is 18.6 Å². The zero-order valence-corrected chi connectivity index (χ0v) is 28.9. The number of aryl methyl sites for hydroxylation is 6. The molecule has 0 aliphatic carbocycles. The summed E-state index contributed by atoms with van der Waals surface area (Å²) in [4.78, 5) is 15.2. The van der Waals surface area contributed by atoms with Crippen molar-refractivity contribution in [3.05, 3.63) is 87.2 Å². The van der Waals surface area contributed by atoms with E-state index in [-0.39, 0.29) is 55.8 Å². The van der Waals surface area contributed by atoms with E-state index in [9.17, 15) is 0 Å². The maximum atomic E-state index is 5.12. The van der Waals surface area contributed by atoms with Gasteiger partial charge in [0.2, 0.25) is 0 Å². The van der Waals surface area contributed by atoms with Gasteiger partial charge in [0.1, 0.15) is 0 Å². The van der Waals surface area contributed by atoms with Crippen LogP contribution >= 0.6 is 0 Å². The predicted octanol–water partition coefficient (Wildman–Crippen LogP) is -0.253. The molecule has 0 spiro atoms. The van der Waals surface area contributed by atoms with Crippen LogP contribution in [-0.4, -0.2) is 16.4 Å². The first-order valence-corrected chi connectivity index (χ1v) is 13.8. The number of pyridine rings is 1. The smallest absolute Gasteiger partial charge is 1.00 e. The molecule has 0 aliphatic heterocycles. The minimum Gasteiger partial charge on any atom is -1.00 e. The van der Waals surface area contributed by atoms with E-state index < -0.39 is 0 Å². The largest absolute Gasteiger partial charge is 3.00 e. The topological polar surface area (TPSA) is 37.6 Å². The normalized spacial score (nSPS) is 11.1.